The van der Waals surface area contributed by atoms with Gasteiger partial charge in [-0.25, -0.2) is 0 Å². The number of methoxy groups -OCH3 is 1. The summed E-state index contributed by atoms with van der Waals surface area (Å²) in [5, 5.41) is 7.97. The van der Waals surface area contributed by atoms with E-state index in [0.717, 1.165) is 25.2 Å². The Bertz CT molecular complexity index is 290. The molecule has 0 unspecified atom stereocenters. The van der Waals surface area contributed by atoms with E-state index < -0.39 is 0 Å². The number of ether oxygens (including phenoxy) is 1. The number of nitrogens with zero attached hydrogens (tertiary/aromatic N) is 3. The second kappa shape index (κ2) is 5.23. The van der Waals surface area contributed by atoms with Crippen molar-refractivity contribution in [1.82, 2.24) is 14.8 Å². The Morgan fingerprint density at radius 3 is 2.87 bits per heavy atom. The third kappa shape index (κ3) is 4.40. The van der Waals surface area contributed by atoms with E-state index >= 15 is 0 Å². The minimum Gasteiger partial charge on any atom is -0.383 e. The highest BCUT2D eigenvalue weighted by molar-refractivity contribution is 4.89. The molecule has 1 rings (SSSR count). The average Bonchev–Trinajstić information content (AvgIpc) is 2.57. The number of rotatable bonds is 6. The Balaban J connectivity index is 2.50. The maximum Gasteiger partial charge on any atom is 0.132 e. The first-order chi connectivity index (χ1) is 7.03. The Kier molecular flexibility index (Phi) is 4.23. The van der Waals surface area contributed by atoms with E-state index in [-0.39, 0.29) is 5.54 Å². The van der Waals surface area contributed by atoms with E-state index in [1.54, 1.807) is 13.4 Å². The van der Waals surface area contributed by atoms with Crippen molar-refractivity contribution in [2.75, 3.05) is 13.7 Å². The maximum absolute atomic E-state index is 5.92. The highest BCUT2D eigenvalue weighted by Gasteiger charge is 2.13. The van der Waals surface area contributed by atoms with E-state index in [4.69, 9.17) is 10.5 Å². The molecule has 86 valence electrons. The van der Waals surface area contributed by atoms with Gasteiger partial charge in [-0.2, -0.15) is 0 Å². The molecule has 1 heterocycles. The fraction of sp³-hybridized carbons (Fsp3) is 0.800. The minimum atomic E-state index is -0.155. The van der Waals surface area contributed by atoms with Gasteiger partial charge >= 0.3 is 0 Å². The lowest BCUT2D eigenvalue weighted by Crippen LogP contribution is -2.32. The summed E-state index contributed by atoms with van der Waals surface area (Å²) in [5.74, 6) is 0.977. The molecule has 15 heavy (non-hydrogen) atoms. The van der Waals surface area contributed by atoms with Gasteiger partial charge in [-0.15, -0.1) is 10.2 Å². The summed E-state index contributed by atoms with van der Waals surface area (Å²) in [4.78, 5) is 0. The molecule has 0 saturated heterocycles. The average molecular weight is 212 g/mol. The lowest BCUT2D eigenvalue weighted by atomic mass is 10.00. The van der Waals surface area contributed by atoms with Crippen LogP contribution in [0.5, 0.6) is 0 Å². The third-order valence-corrected chi connectivity index (χ3v) is 2.22. The molecule has 0 fully saturated rings. The fourth-order valence-electron chi connectivity index (χ4n) is 1.28. The zero-order valence-electron chi connectivity index (χ0n) is 9.73. The summed E-state index contributed by atoms with van der Waals surface area (Å²) in [6.45, 7) is 5.51. The SMILES string of the molecule is COCCn1cnnc1CCC(C)(C)N. The summed E-state index contributed by atoms with van der Waals surface area (Å²) < 4.78 is 7.02. The van der Waals surface area contributed by atoms with Crippen molar-refractivity contribution >= 4 is 0 Å². The smallest absolute Gasteiger partial charge is 0.132 e. The van der Waals surface area contributed by atoms with E-state index in [1.807, 2.05) is 18.4 Å². The first kappa shape index (κ1) is 12.1. The zero-order valence-corrected chi connectivity index (χ0v) is 9.73. The van der Waals surface area contributed by atoms with Gasteiger partial charge in [0.1, 0.15) is 12.2 Å². The van der Waals surface area contributed by atoms with Crippen molar-refractivity contribution in [2.45, 2.75) is 38.8 Å². The first-order valence-electron chi connectivity index (χ1n) is 5.17. The van der Waals surface area contributed by atoms with Crippen molar-refractivity contribution in [1.29, 1.82) is 0 Å². The molecule has 1 aromatic rings. The molecule has 0 radical (unpaired) electrons. The molecule has 0 atom stereocenters. The molecule has 5 heteroatoms. The molecule has 0 aromatic carbocycles. The van der Waals surface area contributed by atoms with Crippen LogP contribution in [0.2, 0.25) is 0 Å². The van der Waals surface area contributed by atoms with Gasteiger partial charge in [0.15, 0.2) is 0 Å². The van der Waals surface area contributed by atoms with Crippen LogP contribution < -0.4 is 5.73 Å². The predicted octanol–water partition coefficient (Wildman–Crippen LogP) is 0.594. The van der Waals surface area contributed by atoms with Gasteiger partial charge in [-0.3, -0.25) is 0 Å². The topological polar surface area (TPSA) is 66.0 Å². The molecule has 2 N–H and O–H groups in total. The molecule has 0 bridgehead atoms. The van der Waals surface area contributed by atoms with Crippen LogP contribution in [0.4, 0.5) is 0 Å². The van der Waals surface area contributed by atoms with Crippen LogP contribution in [0.3, 0.4) is 0 Å². The van der Waals surface area contributed by atoms with Gasteiger partial charge in [0, 0.05) is 25.6 Å². The second-order valence-electron chi connectivity index (χ2n) is 4.42. The number of aromatic nitrogens is 3. The van der Waals surface area contributed by atoms with Crippen LogP contribution in [0.25, 0.3) is 0 Å². The minimum absolute atomic E-state index is 0.155. The van der Waals surface area contributed by atoms with Gasteiger partial charge in [0.2, 0.25) is 0 Å². The molecular weight excluding hydrogens is 192 g/mol. The lowest BCUT2D eigenvalue weighted by molar-refractivity contribution is 0.186. The number of hydrogen-bond acceptors (Lipinski definition) is 4. The predicted molar refractivity (Wildman–Crippen MR) is 58.5 cm³/mol. The number of aryl methyl sites for hydroxylation is 1. The van der Waals surface area contributed by atoms with Crippen molar-refractivity contribution in [3.8, 4) is 0 Å². The third-order valence-electron chi connectivity index (χ3n) is 2.22. The Morgan fingerprint density at radius 1 is 1.53 bits per heavy atom. The quantitative estimate of drug-likeness (QED) is 0.749. The van der Waals surface area contributed by atoms with Crippen LogP contribution >= 0.6 is 0 Å². The standard InChI is InChI=1S/C10H20N4O/c1-10(2,11)5-4-9-13-12-8-14(9)6-7-15-3/h8H,4-7,11H2,1-3H3. The molecule has 0 spiro atoms. The second-order valence-corrected chi connectivity index (χ2v) is 4.42. The molecule has 0 aliphatic rings. The van der Waals surface area contributed by atoms with Crippen LogP contribution in [0.1, 0.15) is 26.1 Å². The molecular formula is C10H20N4O. The summed E-state index contributed by atoms with van der Waals surface area (Å²) in [6, 6.07) is 0. The van der Waals surface area contributed by atoms with Crippen molar-refractivity contribution < 1.29 is 4.74 Å². The highest BCUT2D eigenvalue weighted by Crippen LogP contribution is 2.08. The van der Waals surface area contributed by atoms with Gasteiger partial charge < -0.3 is 15.0 Å². The highest BCUT2D eigenvalue weighted by atomic mass is 16.5. The van der Waals surface area contributed by atoms with Crippen LogP contribution in [0, 0.1) is 0 Å². The van der Waals surface area contributed by atoms with Gasteiger partial charge in [0.25, 0.3) is 0 Å². The number of hydrogen-bond donors (Lipinski definition) is 1. The molecule has 0 saturated carbocycles. The van der Waals surface area contributed by atoms with E-state index in [2.05, 4.69) is 10.2 Å². The summed E-state index contributed by atoms with van der Waals surface area (Å²) >= 11 is 0. The summed E-state index contributed by atoms with van der Waals surface area (Å²) in [5.41, 5.74) is 5.77. The van der Waals surface area contributed by atoms with Crippen molar-refractivity contribution in [3.63, 3.8) is 0 Å². The van der Waals surface area contributed by atoms with E-state index in [9.17, 15) is 0 Å². The number of nitrogens with two attached hydrogens (primary N) is 1. The van der Waals surface area contributed by atoms with Gasteiger partial charge in [-0.1, -0.05) is 0 Å². The van der Waals surface area contributed by atoms with Crippen LogP contribution in [-0.4, -0.2) is 34.0 Å². The Hall–Kier alpha value is -0.940. The zero-order chi connectivity index (χ0) is 11.3. The van der Waals surface area contributed by atoms with Crippen LogP contribution in [0.15, 0.2) is 6.33 Å². The van der Waals surface area contributed by atoms with E-state index in [0.29, 0.717) is 6.61 Å². The normalized spacial score (nSPS) is 12.0. The molecule has 1 aromatic heterocycles. The summed E-state index contributed by atoms with van der Waals surface area (Å²) in [6.07, 6.45) is 3.49. The van der Waals surface area contributed by atoms with E-state index in [1.165, 1.54) is 0 Å². The van der Waals surface area contributed by atoms with Crippen molar-refractivity contribution in [2.24, 2.45) is 5.73 Å². The first-order valence-corrected chi connectivity index (χ1v) is 5.17. The van der Waals surface area contributed by atoms with Crippen LogP contribution in [-0.2, 0) is 17.7 Å². The molecule has 0 aliphatic heterocycles. The largest absolute Gasteiger partial charge is 0.383 e. The lowest BCUT2D eigenvalue weighted by Gasteiger charge is -2.17. The van der Waals surface area contributed by atoms with Crippen molar-refractivity contribution in [3.05, 3.63) is 12.2 Å². The monoisotopic (exact) mass is 212 g/mol. The Labute approximate surface area is 90.6 Å². The molecule has 5 nitrogen and oxygen atoms in total. The van der Waals surface area contributed by atoms with Gasteiger partial charge in [0.05, 0.1) is 6.61 Å². The fourth-order valence-corrected chi connectivity index (χ4v) is 1.28. The Morgan fingerprint density at radius 2 is 2.27 bits per heavy atom. The van der Waals surface area contributed by atoms with Gasteiger partial charge in [-0.05, 0) is 20.3 Å². The summed E-state index contributed by atoms with van der Waals surface area (Å²) in [7, 11) is 1.69. The maximum atomic E-state index is 5.92. The molecule has 0 aliphatic carbocycles. The molecule has 0 amide bonds.